The van der Waals surface area contributed by atoms with E-state index in [0.29, 0.717) is 5.92 Å². The monoisotopic (exact) mass is 178 g/mol. The minimum Gasteiger partial charge on any atom is -0.481 e. The van der Waals surface area contributed by atoms with Crippen molar-refractivity contribution in [3.05, 3.63) is 0 Å². The van der Waals surface area contributed by atoms with Crippen LogP contribution >= 0.6 is 11.6 Å². The molecule has 0 bridgehead atoms. The van der Waals surface area contributed by atoms with Crippen molar-refractivity contribution >= 4 is 17.6 Å². The second kappa shape index (κ2) is 5.42. The summed E-state index contributed by atoms with van der Waals surface area (Å²) >= 11 is 5.82. The van der Waals surface area contributed by atoms with Crippen molar-refractivity contribution in [2.24, 2.45) is 5.92 Å². The van der Waals surface area contributed by atoms with Crippen LogP contribution in [0.1, 0.15) is 33.1 Å². The Morgan fingerprint density at radius 3 is 2.55 bits per heavy atom. The van der Waals surface area contributed by atoms with Gasteiger partial charge in [0.25, 0.3) is 0 Å². The molecular formula is C8H15ClO2. The van der Waals surface area contributed by atoms with Gasteiger partial charge in [-0.15, -0.1) is 11.6 Å². The summed E-state index contributed by atoms with van der Waals surface area (Å²) in [5, 5.41) is 8.20. The predicted molar refractivity (Wildman–Crippen MR) is 46.0 cm³/mol. The number of hydrogen-bond acceptors (Lipinski definition) is 1. The number of aliphatic carboxylic acids is 1. The number of hydrogen-bond donors (Lipinski definition) is 1. The highest BCUT2D eigenvalue weighted by atomic mass is 35.5. The summed E-state index contributed by atoms with van der Waals surface area (Å²) in [5.74, 6) is -0.509. The van der Waals surface area contributed by atoms with Gasteiger partial charge in [-0.3, -0.25) is 4.79 Å². The summed E-state index contributed by atoms with van der Waals surface area (Å²) in [5.41, 5.74) is 0. The Kier molecular flexibility index (Phi) is 5.30. The first-order valence-electron chi connectivity index (χ1n) is 3.93. The second-order valence-corrected chi connectivity index (χ2v) is 3.44. The first-order valence-corrected chi connectivity index (χ1v) is 4.37. The third-order valence-electron chi connectivity index (χ3n) is 1.73. The fourth-order valence-electron chi connectivity index (χ4n) is 1.00. The molecule has 0 aliphatic carbocycles. The van der Waals surface area contributed by atoms with Gasteiger partial charge in [-0.1, -0.05) is 20.3 Å². The molecule has 0 rings (SSSR count). The van der Waals surface area contributed by atoms with E-state index in [-0.39, 0.29) is 11.8 Å². The van der Waals surface area contributed by atoms with Gasteiger partial charge in [-0.25, -0.2) is 0 Å². The molecular weight excluding hydrogens is 164 g/mol. The van der Waals surface area contributed by atoms with Crippen molar-refractivity contribution in [1.29, 1.82) is 0 Å². The molecule has 2 nitrogen and oxygen atoms in total. The van der Waals surface area contributed by atoms with Gasteiger partial charge in [0, 0.05) is 5.38 Å². The Balaban J connectivity index is 3.63. The van der Waals surface area contributed by atoms with E-state index < -0.39 is 5.97 Å². The molecule has 3 heteroatoms. The van der Waals surface area contributed by atoms with E-state index in [9.17, 15) is 4.79 Å². The average Bonchev–Trinajstić information content (AvgIpc) is 1.86. The Hall–Kier alpha value is -0.240. The van der Waals surface area contributed by atoms with Crippen LogP contribution in [0.4, 0.5) is 0 Å². The molecule has 0 amide bonds. The van der Waals surface area contributed by atoms with Gasteiger partial charge in [0.05, 0.1) is 6.42 Å². The van der Waals surface area contributed by atoms with Crippen LogP contribution in [0, 0.1) is 5.92 Å². The normalized spacial score (nSPS) is 15.9. The number of halogens is 1. The van der Waals surface area contributed by atoms with Crippen LogP contribution in [0.25, 0.3) is 0 Å². The zero-order valence-corrected chi connectivity index (χ0v) is 7.77. The molecule has 11 heavy (non-hydrogen) atoms. The zero-order chi connectivity index (χ0) is 8.85. The highest BCUT2D eigenvalue weighted by Gasteiger charge is 2.16. The minimum absolute atomic E-state index is 0.0721. The Morgan fingerprint density at radius 2 is 2.18 bits per heavy atom. The molecule has 0 saturated carbocycles. The summed E-state index contributed by atoms with van der Waals surface area (Å²) in [4.78, 5) is 10.2. The summed E-state index contributed by atoms with van der Waals surface area (Å²) in [6.07, 6.45) is 2.13. The average molecular weight is 179 g/mol. The molecule has 2 atom stereocenters. The van der Waals surface area contributed by atoms with E-state index in [4.69, 9.17) is 16.7 Å². The summed E-state index contributed by atoms with van der Waals surface area (Å²) in [6, 6.07) is 0. The third kappa shape index (κ3) is 5.08. The van der Waals surface area contributed by atoms with Crippen LogP contribution in [0.2, 0.25) is 0 Å². The van der Waals surface area contributed by atoms with E-state index in [1.165, 1.54) is 0 Å². The number of rotatable bonds is 5. The highest BCUT2D eigenvalue weighted by molar-refractivity contribution is 6.21. The molecule has 2 unspecified atom stereocenters. The third-order valence-corrected chi connectivity index (χ3v) is 2.32. The number of alkyl halides is 1. The van der Waals surface area contributed by atoms with Crippen LogP contribution in [0.15, 0.2) is 0 Å². The van der Waals surface area contributed by atoms with Crippen molar-refractivity contribution in [1.82, 2.24) is 0 Å². The Bertz CT molecular complexity index is 125. The standard InChI is InChI=1S/C8H15ClO2/c1-3-4-6(2)7(9)5-8(10)11/h6-7H,3-5H2,1-2H3,(H,10,11). The van der Waals surface area contributed by atoms with Crippen molar-refractivity contribution in [3.63, 3.8) is 0 Å². The van der Waals surface area contributed by atoms with E-state index in [2.05, 4.69) is 6.92 Å². The Labute approximate surface area is 72.6 Å². The lowest BCUT2D eigenvalue weighted by Crippen LogP contribution is -2.15. The maximum absolute atomic E-state index is 10.2. The number of carbonyl (C=O) groups is 1. The molecule has 0 radical (unpaired) electrons. The largest absolute Gasteiger partial charge is 0.481 e. The summed E-state index contributed by atoms with van der Waals surface area (Å²) in [6.45, 7) is 4.06. The molecule has 0 heterocycles. The first kappa shape index (κ1) is 10.8. The molecule has 0 aliphatic heterocycles. The highest BCUT2D eigenvalue weighted by Crippen LogP contribution is 2.18. The molecule has 0 aromatic heterocycles. The molecule has 0 aromatic rings. The van der Waals surface area contributed by atoms with Crippen molar-refractivity contribution < 1.29 is 9.90 Å². The SMILES string of the molecule is CCCC(C)C(Cl)CC(=O)O. The molecule has 0 fully saturated rings. The van der Waals surface area contributed by atoms with Crippen LogP contribution < -0.4 is 0 Å². The molecule has 0 aromatic carbocycles. The van der Waals surface area contributed by atoms with Gasteiger partial charge in [0.2, 0.25) is 0 Å². The molecule has 66 valence electrons. The maximum atomic E-state index is 10.2. The van der Waals surface area contributed by atoms with Gasteiger partial charge in [0.15, 0.2) is 0 Å². The van der Waals surface area contributed by atoms with Crippen molar-refractivity contribution in [2.75, 3.05) is 0 Å². The summed E-state index contributed by atoms with van der Waals surface area (Å²) < 4.78 is 0. The lowest BCUT2D eigenvalue weighted by Gasteiger charge is -2.14. The predicted octanol–water partition coefficient (Wildman–Crippen LogP) is 2.50. The zero-order valence-electron chi connectivity index (χ0n) is 7.01. The smallest absolute Gasteiger partial charge is 0.304 e. The van der Waals surface area contributed by atoms with Gasteiger partial charge in [-0.2, -0.15) is 0 Å². The van der Waals surface area contributed by atoms with E-state index in [1.807, 2.05) is 6.92 Å². The van der Waals surface area contributed by atoms with Crippen LogP contribution in [0.5, 0.6) is 0 Å². The van der Waals surface area contributed by atoms with Crippen LogP contribution in [0.3, 0.4) is 0 Å². The minimum atomic E-state index is -0.812. The summed E-state index contributed by atoms with van der Waals surface area (Å²) in [7, 11) is 0. The van der Waals surface area contributed by atoms with Crippen molar-refractivity contribution in [2.45, 2.75) is 38.5 Å². The van der Waals surface area contributed by atoms with Crippen LogP contribution in [-0.2, 0) is 4.79 Å². The van der Waals surface area contributed by atoms with Gasteiger partial charge < -0.3 is 5.11 Å². The quantitative estimate of drug-likeness (QED) is 0.657. The van der Waals surface area contributed by atoms with Gasteiger partial charge in [-0.05, 0) is 12.3 Å². The van der Waals surface area contributed by atoms with E-state index in [1.54, 1.807) is 0 Å². The topological polar surface area (TPSA) is 37.3 Å². The first-order chi connectivity index (χ1) is 5.07. The van der Waals surface area contributed by atoms with Crippen molar-refractivity contribution in [3.8, 4) is 0 Å². The van der Waals surface area contributed by atoms with Gasteiger partial charge >= 0.3 is 5.97 Å². The molecule has 1 N–H and O–H groups in total. The van der Waals surface area contributed by atoms with Crippen LogP contribution in [-0.4, -0.2) is 16.5 Å². The number of carboxylic acid groups (broad SMARTS) is 1. The maximum Gasteiger partial charge on any atom is 0.304 e. The molecule has 0 aliphatic rings. The molecule has 0 saturated heterocycles. The Morgan fingerprint density at radius 1 is 1.64 bits per heavy atom. The van der Waals surface area contributed by atoms with Gasteiger partial charge in [0.1, 0.15) is 0 Å². The fourth-order valence-corrected chi connectivity index (χ4v) is 1.26. The lowest BCUT2D eigenvalue weighted by atomic mass is 10.00. The van der Waals surface area contributed by atoms with E-state index >= 15 is 0 Å². The fraction of sp³-hybridized carbons (Fsp3) is 0.875. The molecule has 0 spiro atoms. The van der Waals surface area contributed by atoms with E-state index in [0.717, 1.165) is 12.8 Å². The second-order valence-electron chi connectivity index (χ2n) is 2.88. The lowest BCUT2D eigenvalue weighted by molar-refractivity contribution is -0.137. The number of carboxylic acids is 1.